The van der Waals surface area contributed by atoms with E-state index in [-0.39, 0.29) is 17.2 Å². The van der Waals surface area contributed by atoms with Gasteiger partial charge in [-0.15, -0.1) is 0 Å². The van der Waals surface area contributed by atoms with Gasteiger partial charge in [-0.05, 0) is 32.9 Å². The number of benzene rings is 1. The summed E-state index contributed by atoms with van der Waals surface area (Å²) in [5.74, 6) is 0.962. The molecular weight excluding hydrogens is 260 g/mol. The number of ketones is 1. The predicted molar refractivity (Wildman–Crippen MR) is 80.7 cm³/mol. The molecule has 0 fully saturated rings. The van der Waals surface area contributed by atoms with Crippen LogP contribution in [0.4, 0.5) is 5.69 Å². The molecule has 0 aliphatic carbocycles. The predicted octanol–water partition coefficient (Wildman–Crippen LogP) is 2.30. The zero-order chi connectivity index (χ0) is 14.5. The molecule has 0 aromatic heterocycles. The molecule has 1 amide bonds. The van der Waals surface area contributed by atoms with E-state index in [1.54, 1.807) is 24.3 Å². The quantitative estimate of drug-likeness (QED) is 0.784. The molecule has 0 saturated carbocycles. The van der Waals surface area contributed by atoms with Gasteiger partial charge in [-0.2, -0.15) is 11.8 Å². The minimum atomic E-state index is -0.278. The number of thioether (sulfide) groups is 1. The lowest BCUT2D eigenvalue weighted by molar-refractivity contribution is -0.113. The number of rotatable bonds is 6. The van der Waals surface area contributed by atoms with Gasteiger partial charge in [-0.1, -0.05) is 12.1 Å². The molecule has 0 atom stereocenters. The zero-order valence-corrected chi connectivity index (χ0v) is 12.3. The van der Waals surface area contributed by atoms with E-state index in [0.29, 0.717) is 22.8 Å². The Morgan fingerprint density at radius 1 is 1.37 bits per heavy atom. The smallest absolute Gasteiger partial charge is 0.234 e. The van der Waals surface area contributed by atoms with Gasteiger partial charge in [0.25, 0.3) is 0 Å². The first kappa shape index (κ1) is 15.7. The molecule has 0 radical (unpaired) electrons. The van der Waals surface area contributed by atoms with Gasteiger partial charge < -0.3 is 11.1 Å². The molecule has 1 aromatic rings. The number of Topliss-reactive ketones (excluding diaryl/α,β-unsaturated/α-hetero) is 1. The van der Waals surface area contributed by atoms with Gasteiger partial charge in [-0.25, -0.2) is 0 Å². The van der Waals surface area contributed by atoms with E-state index < -0.39 is 0 Å². The SMILES string of the molecule is CC(=O)c1cccc(NC(=O)CSCC(C)(C)N)c1. The van der Waals surface area contributed by atoms with Gasteiger partial charge in [0, 0.05) is 22.5 Å². The van der Waals surface area contributed by atoms with Crippen LogP contribution in [0.5, 0.6) is 0 Å². The van der Waals surface area contributed by atoms with E-state index in [9.17, 15) is 9.59 Å². The van der Waals surface area contributed by atoms with Crippen molar-refractivity contribution in [2.45, 2.75) is 26.3 Å². The number of carbonyl (C=O) groups is 2. The first-order chi connectivity index (χ1) is 8.78. The van der Waals surface area contributed by atoms with E-state index in [0.717, 1.165) is 0 Å². The fraction of sp³-hybridized carbons (Fsp3) is 0.429. The lowest BCUT2D eigenvalue weighted by atomic mass is 10.1. The molecular formula is C14H20N2O2S. The Morgan fingerprint density at radius 3 is 2.63 bits per heavy atom. The third-order valence-corrected chi connectivity index (χ3v) is 3.67. The van der Waals surface area contributed by atoms with E-state index in [1.807, 2.05) is 13.8 Å². The topological polar surface area (TPSA) is 72.2 Å². The highest BCUT2D eigenvalue weighted by atomic mass is 32.2. The second kappa shape index (κ2) is 6.73. The van der Waals surface area contributed by atoms with Gasteiger partial charge >= 0.3 is 0 Å². The standard InChI is InChI=1S/C14H20N2O2S/c1-10(17)11-5-4-6-12(7-11)16-13(18)8-19-9-14(2,3)15/h4-7H,8-9,15H2,1-3H3,(H,16,18). The Hall–Kier alpha value is -1.33. The van der Waals surface area contributed by atoms with Crippen molar-refractivity contribution >= 4 is 29.1 Å². The third-order valence-electron chi connectivity index (χ3n) is 2.26. The van der Waals surface area contributed by atoms with Crippen molar-refractivity contribution in [2.75, 3.05) is 16.8 Å². The molecule has 0 spiro atoms. The van der Waals surface area contributed by atoms with Crippen molar-refractivity contribution < 1.29 is 9.59 Å². The largest absolute Gasteiger partial charge is 0.325 e. The summed E-state index contributed by atoms with van der Waals surface area (Å²) < 4.78 is 0. The Bertz CT molecular complexity index is 467. The number of anilines is 1. The van der Waals surface area contributed by atoms with E-state index >= 15 is 0 Å². The highest BCUT2D eigenvalue weighted by Gasteiger charge is 2.12. The normalized spacial score (nSPS) is 11.2. The van der Waals surface area contributed by atoms with Gasteiger partial charge in [0.05, 0.1) is 5.75 Å². The zero-order valence-electron chi connectivity index (χ0n) is 11.5. The molecule has 0 saturated heterocycles. The van der Waals surface area contributed by atoms with Crippen LogP contribution in [0.1, 0.15) is 31.1 Å². The molecule has 104 valence electrons. The third kappa shape index (κ3) is 6.40. The average Bonchev–Trinajstić information content (AvgIpc) is 2.27. The summed E-state index contributed by atoms with van der Waals surface area (Å²) in [6.07, 6.45) is 0. The van der Waals surface area contributed by atoms with Crippen LogP contribution in [0.25, 0.3) is 0 Å². The summed E-state index contributed by atoms with van der Waals surface area (Å²) in [5, 5.41) is 2.77. The molecule has 0 aliphatic rings. The number of hydrogen-bond acceptors (Lipinski definition) is 4. The summed E-state index contributed by atoms with van der Waals surface area (Å²) in [6, 6.07) is 6.92. The molecule has 3 N–H and O–H groups in total. The van der Waals surface area contributed by atoms with Crippen LogP contribution in [-0.4, -0.2) is 28.7 Å². The lowest BCUT2D eigenvalue weighted by Crippen LogP contribution is -2.35. The van der Waals surface area contributed by atoms with Crippen LogP contribution >= 0.6 is 11.8 Å². The van der Waals surface area contributed by atoms with Crippen LogP contribution in [0.2, 0.25) is 0 Å². The Morgan fingerprint density at radius 2 is 2.05 bits per heavy atom. The number of amides is 1. The molecule has 1 rings (SSSR count). The monoisotopic (exact) mass is 280 g/mol. The lowest BCUT2D eigenvalue weighted by Gasteiger charge is -2.17. The Kier molecular flexibility index (Phi) is 5.57. The fourth-order valence-electron chi connectivity index (χ4n) is 1.42. The second-order valence-electron chi connectivity index (χ2n) is 5.17. The first-order valence-corrected chi connectivity index (χ1v) is 7.21. The maximum Gasteiger partial charge on any atom is 0.234 e. The maximum absolute atomic E-state index is 11.7. The molecule has 0 unspecified atom stereocenters. The van der Waals surface area contributed by atoms with Crippen molar-refractivity contribution in [3.05, 3.63) is 29.8 Å². The van der Waals surface area contributed by atoms with Crippen molar-refractivity contribution in [3.63, 3.8) is 0 Å². The molecule has 0 aliphatic heterocycles. The summed E-state index contributed by atoms with van der Waals surface area (Å²) >= 11 is 1.49. The molecule has 5 heteroatoms. The molecule has 0 heterocycles. The number of nitrogens with one attached hydrogen (secondary N) is 1. The average molecular weight is 280 g/mol. The van der Waals surface area contributed by atoms with Crippen LogP contribution < -0.4 is 11.1 Å². The van der Waals surface area contributed by atoms with Crippen molar-refractivity contribution in [1.29, 1.82) is 0 Å². The van der Waals surface area contributed by atoms with Crippen molar-refractivity contribution in [1.82, 2.24) is 0 Å². The van der Waals surface area contributed by atoms with E-state index in [1.165, 1.54) is 18.7 Å². The summed E-state index contributed by atoms with van der Waals surface area (Å²) in [4.78, 5) is 23.0. The molecule has 0 bridgehead atoms. The fourth-order valence-corrected chi connectivity index (χ4v) is 2.31. The number of nitrogens with two attached hydrogens (primary N) is 1. The van der Waals surface area contributed by atoms with E-state index in [2.05, 4.69) is 5.32 Å². The minimum absolute atomic E-state index is 0.0182. The van der Waals surface area contributed by atoms with E-state index in [4.69, 9.17) is 5.73 Å². The summed E-state index contributed by atoms with van der Waals surface area (Å²) in [6.45, 7) is 5.35. The Balaban J connectivity index is 2.48. The summed E-state index contributed by atoms with van der Waals surface area (Å²) in [5.41, 5.74) is 6.79. The highest BCUT2D eigenvalue weighted by molar-refractivity contribution is 8.00. The van der Waals surface area contributed by atoms with Gasteiger partial charge in [-0.3, -0.25) is 9.59 Å². The van der Waals surface area contributed by atoms with Crippen LogP contribution in [0.15, 0.2) is 24.3 Å². The first-order valence-electron chi connectivity index (χ1n) is 6.05. The van der Waals surface area contributed by atoms with Gasteiger partial charge in [0.15, 0.2) is 5.78 Å². The van der Waals surface area contributed by atoms with Gasteiger partial charge in [0.1, 0.15) is 0 Å². The minimum Gasteiger partial charge on any atom is -0.325 e. The number of carbonyl (C=O) groups excluding carboxylic acids is 2. The van der Waals surface area contributed by atoms with Crippen LogP contribution in [0, 0.1) is 0 Å². The molecule has 4 nitrogen and oxygen atoms in total. The van der Waals surface area contributed by atoms with Gasteiger partial charge in [0.2, 0.25) is 5.91 Å². The number of hydrogen-bond donors (Lipinski definition) is 2. The highest BCUT2D eigenvalue weighted by Crippen LogP contribution is 2.13. The van der Waals surface area contributed by atoms with Crippen LogP contribution in [0.3, 0.4) is 0 Å². The van der Waals surface area contributed by atoms with Crippen molar-refractivity contribution in [3.8, 4) is 0 Å². The van der Waals surface area contributed by atoms with Crippen molar-refractivity contribution in [2.24, 2.45) is 5.73 Å². The van der Waals surface area contributed by atoms with Crippen LogP contribution in [-0.2, 0) is 4.79 Å². The maximum atomic E-state index is 11.7. The Labute approximate surface area is 118 Å². The summed E-state index contributed by atoms with van der Waals surface area (Å²) in [7, 11) is 0. The molecule has 19 heavy (non-hydrogen) atoms. The molecule has 1 aromatic carbocycles. The second-order valence-corrected chi connectivity index (χ2v) is 6.15.